The molecule has 7 nitrogen and oxygen atoms in total. The fourth-order valence-corrected chi connectivity index (χ4v) is 2.70. The van der Waals surface area contributed by atoms with Crippen LogP contribution in [0.25, 0.3) is 11.3 Å². The van der Waals surface area contributed by atoms with E-state index < -0.39 is 0 Å². The molecular formula is C18H21N5O2. The van der Waals surface area contributed by atoms with E-state index in [1.54, 1.807) is 25.0 Å². The number of carbonyl (C=O) groups excluding carboxylic acids is 1. The number of carbonyl (C=O) groups is 1. The van der Waals surface area contributed by atoms with Gasteiger partial charge in [-0.05, 0) is 18.6 Å². The largest absolute Gasteiger partial charge is 0.496 e. The molecule has 2 N–H and O–H groups in total. The first kappa shape index (κ1) is 16.8. The molecule has 0 unspecified atom stereocenters. The van der Waals surface area contributed by atoms with Crippen molar-refractivity contribution in [3.63, 3.8) is 0 Å². The minimum absolute atomic E-state index is 0.261. The minimum Gasteiger partial charge on any atom is -0.496 e. The van der Waals surface area contributed by atoms with Crippen molar-refractivity contribution in [3.8, 4) is 17.0 Å². The molecule has 7 heteroatoms. The summed E-state index contributed by atoms with van der Waals surface area (Å²) in [6.07, 6.45) is 3.59. The Balaban J connectivity index is 1.90. The van der Waals surface area contributed by atoms with E-state index >= 15 is 0 Å². The van der Waals surface area contributed by atoms with Gasteiger partial charge in [-0.25, -0.2) is 0 Å². The SMILES string of the molecule is CCCc1cc(NC(=O)c2cn(C)nc2-c2ccccc2OC)n[nH]1. The molecule has 0 aliphatic heterocycles. The molecule has 2 heterocycles. The third-order valence-corrected chi connectivity index (χ3v) is 3.83. The molecule has 0 radical (unpaired) electrons. The maximum Gasteiger partial charge on any atom is 0.260 e. The predicted molar refractivity (Wildman–Crippen MR) is 95.7 cm³/mol. The fraction of sp³-hybridized carbons (Fsp3) is 0.278. The molecule has 0 atom stereocenters. The van der Waals surface area contributed by atoms with Crippen molar-refractivity contribution in [2.45, 2.75) is 19.8 Å². The molecular weight excluding hydrogens is 318 g/mol. The number of hydrogen-bond acceptors (Lipinski definition) is 4. The second-order valence-electron chi connectivity index (χ2n) is 5.75. The van der Waals surface area contributed by atoms with Gasteiger partial charge < -0.3 is 10.1 Å². The summed E-state index contributed by atoms with van der Waals surface area (Å²) in [6.45, 7) is 2.09. The molecule has 0 fully saturated rings. The van der Waals surface area contributed by atoms with Gasteiger partial charge >= 0.3 is 0 Å². The van der Waals surface area contributed by atoms with Crippen LogP contribution < -0.4 is 10.1 Å². The van der Waals surface area contributed by atoms with Gasteiger partial charge in [-0.15, -0.1) is 0 Å². The van der Waals surface area contributed by atoms with Crippen LogP contribution in [0.2, 0.25) is 0 Å². The van der Waals surface area contributed by atoms with E-state index in [9.17, 15) is 4.79 Å². The van der Waals surface area contributed by atoms with E-state index in [-0.39, 0.29) is 5.91 Å². The van der Waals surface area contributed by atoms with Gasteiger partial charge in [0.1, 0.15) is 11.4 Å². The summed E-state index contributed by atoms with van der Waals surface area (Å²) in [4.78, 5) is 12.7. The summed E-state index contributed by atoms with van der Waals surface area (Å²) in [5.41, 5.74) is 2.80. The number of benzene rings is 1. The highest BCUT2D eigenvalue weighted by atomic mass is 16.5. The fourth-order valence-electron chi connectivity index (χ4n) is 2.70. The third-order valence-electron chi connectivity index (χ3n) is 3.83. The van der Waals surface area contributed by atoms with Gasteiger partial charge in [-0.1, -0.05) is 25.5 Å². The van der Waals surface area contributed by atoms with E-state index in [4.69, 9.17) is 4.74 Å². The first-order valence-electron chi connectivity index (χ1n) is 8.15. The van der Waals surface area contributed by atoms with Gasteiger partial charge in [0.15, 0.2) is 5.82 Å². The number of aryl methyl sites for hydroxylation is 2. The Morgan fingerprint density at radius 2 is 2.16 bits per heavy atom. The number of nitrogens with one attached hydrogen (secondary N) is 2. The van der Waals surface area contributed by atoms with Gasteiger partial charge in [0.25, 0.3) is 5.91 Å². The number of nitrogens with zero attached hydrogens (tertiary/aromatic N) is 3. The smallest absolute Gasteiger partial charge is 0.260 e. The highest BCUT2D eigenvalue weighted by Crippen LogP contribution is 2.31. The zero-order valence-electron chi connectivity index (χ0n) is 14.5. The molecule has 1 amide bonds. The Kier molecular flexibility index (Phi) is 4.83. The molecule has 0 saturated heterocycles. The lowest BCUT2D eigenvalue weighted by atomic mass is 10.1. The van der Waals surface area contributed by atoms with Crippen molar-refractivity contribution in [2.24, 2.45) is 7.05 Å². The Labute approximate surface area is 146 Å². The number of anilines is 1. The summed E-state index contributed by atoms with van der Waals surface area (Å²) in [5.74, 6) is 0.909. The number of hydrogen-bond donors (Lipinski definition) is 2. The van der Waals surface area contributed by atoms with Crippen molar-refractivity contribution in [1.82, 2.24) is 20.0 Å². The zero-order chi connectivity index (χ0) is 17.8. The first-order valence-corrected chi connectivity index (χ1v) is 8.15. The van der Waals surface area contributed by atoms with Crippen LogP contribution in [0.5, 0.6) is 5.75 Å². The normalized spacial score (nSPS) is 10.7. The van der Waals surface area contributed by atoms with E-state index in [1.807, 2.05) is 30.3 Å². The van der Waals surface area contributed by atoms with E-state index in [0.717, 1.165) is 24.1 Å². The molecule has 3 rings (SSSR count). The second-order valence-corrected chi connectivity index (χ2v) is 5.75. The average Bonchev–Trinajstić information content (AvgIpc) is 3.21. The predicted octanol–water partition coefficient (Wildman–Crippen LogP) is 3.02. The number of aromatic nitrogens is 4. The Bertz CT molecular complexity index is 881. The van der Waals surface area contributed by atoms with Gasteiger partial charge in [-0.3, -0.25) is 14.6 Å². The lowest BCUT2D eigenvalue weighted by molar-refractivity contribution is 0.102. The van der Waals surface area contributed by atoms with Crippen LogP contribution in [0.1, 0.15) is 29.4 Å². The highest BCUT2D eigenvalue weighted by molar-refractivity contribution is 6.08. The number of rotatable bonds is 6. The van der Waals surface area contributed by atoms with Crippen LogP contribution in [0.4, 0.5) is 5.82 Å². The summed E-state index contributed by atoms with van der Waals surface area (Å²) >= 11 is 0. The Morgan fingerprint density at radius 1 is 1.36 bits per heavy atom. The number of H-pyrrole nitrogens is 1. The standard InChI is InChI=1S/C18H21N5O2/c1-4-7-12-10-16(21-20-12)19-18(24)14-11-23(2)22-17(14)13-8-5-6-9-15(13)25-3/h5-6,8-11H,4,7H2,1-3H3,(H2,19,20,21,24). The first-order chi connectivity index (χ1) is 12.1. The minimum atomic E-state index is -0.261. The molecule has 0 saturated carbocycles. The van der Waals surface area contributed by atoms with Crippen molar-refractivity contribution in [3.05, 3.63) is 47.8 Å². The zero-order valence-corrected chi connectivity index (χ0v) is 14.5. The molecule has 0 aliphatic rings. The molecule has 0 spiro atoms. The monoisotopic (exact) mass is 339 g/mol. The Morgan fingerprint density at radius 3 is 2.92 bits per heavy atom. The maximum atomic E-state index is 12.7. The quantitative estimate of drug-likeness (QED) is 0.723. The maximum absolute atomic E-state index is 12.7. The van der Waals surface area contributed by atoms with Crippen LogP contribution in [-0.2, 0) is 13.5 Å². The van der Waals surface area contributed by atoms with Gasteiger partial charge in [0.2, 0.25) is 0 Å². The van der Waals surface area contributed by atoms with Crippen molar-refractivity contribution < 1.29 is 9.53 Å². The van der Waals surface area contributed by atoms with E-state index in [2.05, 4.69) is 27.5 Å². The van der Waals surface area contributed by atoms with E-state index in [0.29, 0.717) is 22.8 Å². The van der Waals surface area contributed by atoms with Crippen molar-refractivity contribution >= 4 is 11.7 Å². The average molecular weight is 339 g/mol. The number of methoxy groups -OCH3 is 1. The molecule has 0 aliphatic carbocycles. The molecule has 25 heavy (non-hydrogen) atoms. The van der Waals surface area contributed by atoms with Crippen LogP contribution in [0.15, 0.2) is 36.5 Å². The van der Waals surface area contributed by atoms with Crippen LogP contribution in [0.3, 0.4) is 0 Å². The molecule has 2 aromatic heterocycles. The highest BCUT2D eigenvalue weighted by Gasteiger charge is 2.20. The summed E-state index contributed by atoms with van der Waals surface area (Å²) < 4.78 is 7.01. The molecule has 3 aromatic rings. The lowest BCUT2D eigenvalue weighted by Gasteiger charge is -2.07. The summed E-state index contributed by atoms with van der Waals surface area (Å²) in [6, 6.07) is 9.34. The number of aromatic amines is 1. The molecule has 0 bridgehead atoms. The summed E-state index contributed by atoms with van der Waals surface area (Å²) in [7, 11) is 3.38. The van der Waals surface area contributed by atoms with Crippen LogP contribution in [-0.4, -0.2) is 33.0 Å². The Hall–Kier alpha value is -3.09. The van der Waals surface area contributed by atoms with Crippen molar-refractivity contribution in [1.29, 1.82) is 0 Å². The van der Waals surface area contributed by atoms with Gasteiger partial charge in [-0.2, -0.15) is 10.2 Å². The topological polar surface area (TPSA) is 84.8 Å². The van der Waals surface area contributed by atoms with Crippen LogP contribution in [0, 0.1) is 0 Å². The summed E-state index contributed by atoms with van der Waals surface area (Å²) in [5, 5.41) is 14.3. The van der Waals surface area contributed by atoms with Gasteiger partial charge in [0, 0.05) is 30.6 Å². The number of amides is 1. The molecule has 1 aromatic carbocycles. The van der Waals surface area contributed by atoms with E-state index in [1.165, 1.54) is 0 Å². The lowest BCUT2D eigenvalue weighted by Crippen LogP contribution is -2.12. The van der Waals surface area contributed by atoms with Gasteiger partial charge in [0.05, 0.1) is 12.7 Å². The van der Waals surface area contributed by atoms with Crippen LogP contribution >= 0.6 is 0 Å². The molecule has 130 valence electrons. The second kappa shape index (κ2) is 7.21. The number of para-hydroxylation sites is 1. The third kappa shape index (κ3) is 3.55. The number of ether oxygens (including phenoxy) is 1. The van der Waals surface area contributed by atoms with Crippen molar-refractivity contribution in [2.75, 3.05) is 12.4 Å².